The molecule has 33 heteroatoms. The van der Waals surface area contributed by atoms with Crippen molar-refractivity contribution in [3.05, 3.63) is 384 Å². The van der Waals surface area contributed by atoms with E-state index in [9.17, 15) is 38.4 Å². The van der Waals surface area contributed by atoms with Crippen molar-refractivity contribution in [3.63, 3.8) is 0 Å². The van der Waals surface area contributed by atoms with E-state index < -0.39 is 11.2 Å². The van der Waals surface area contributed by atoms with Crippen LogP contribution < -0.4 is 83.0 Å². The molecular weight excluding hydrogens is 1820 g/mol. The number of fused-ring (bicyclic) bond motifs is 4. The Balaban J connectivity index is 0.000000127. The molecule has 0 amide bonds. The van der Waals surface area contributed by atoms with Gasteiger partial charge in [-0.1, -0.05) is 229 Å². The fourth-order valence-electron chi connectivity index (χ4n) is 19.6. The third-order valence-electron chi connectivity index (χ3n) is 27.1. The molecule has 145 heavy (non-hydrogen) atoms. The molecule has 11 heterocycles. The summed E-state index contributed by atoms with van der Waals surface area (Å²) in [5.74, 6) is 3.37. The minimum absolute atomic E-state index is 0.164. The van der Waals surface area contributed by atoms with Gasteiger partial charge in [0.05, 0.1) is 43.6 Å². The molecule has 33 nitrogen and oxygen atoms in total. The van der Waals surface area contributed by atoms with Crippen molar-refractivity contribution in [2.45, 2.75) is 175 Å². The van der Waals surface area contributed by atoms with Gasteiger partial charge in [-0.05, 0) is 182 Å². The van der Waals surface area contributed by atoms with Crippen LogP contribution in [0.25, 0.3) is 66.6 Å². The summed E-state index contributed by atoms with van der Waals surface area (Å²) in [4.78, 5) is 115. The average Bonchev–Trinajstić information content (AvgIpc) is 1.58. The fourth-order valence-corrected chi connectivity index (χ4v) is 19.6. The molecule has 21 rings (SSSR count). The lowest BCUT2D eigenvalue weighted by molar-refractivity contribution is 0.412. The fraction of sp³-hybridized carbons (Fsp3) is 0.304. The molecule has 10 aromatic heterocycles. The lowest BCUT2D eigenvalue weighted by Gasteiger charge is -2.24. The van der Waals surface area contributed by atoms with E-state index in [0.717, 1.165) is 109 Å². The van der Waals surface area contributed by atoms with Gasteiger partial charge < -0.3 is 38.1 Å². The van der Waals surface area contributed by atoms with Gasteiger partial charge in [-0.25, -0.2) is 37.9 Å². The standard InChI is InChI=1S/C29H29N7O2.C28H34N6O2.C28H33N5O2.C27H27N7O2/c1-34-28(37)25-26(32-21-8-3-2-4-9-21)35(33-27(25)36(29(34)38)24-12-7-10-22(24)30)18-19-13-15-20(16-14-19)23-11-5-6-17-31-23;1-19(2)17-33-26-24(27(35)32(3)28(33)36)25(30-22-9-5-4-6-10-22)34(31-26)18-20-12-14-21(15-13-20)23-11-7-8-16-29-23;1-19(2)17-32-26-24(27(34)31(3)28(32)35)25(29-23-11-5-4-6-12-23)33(30-26)18-20-13-15-22(16-14-20)21-9-7-8-10-21;1-18(28)16-33-25-23(26(35)32(2)27(33)36)24(30-21-8-4-3-5-9-21)34(31-25)17-19-11-13-20(14-12-19)22-10-6-7-15-29-22/h2-6,8-9,11,13-17,22,24,32H,7,10,12,18,30H2,1H3;4-6,9-10,12-15,19,23,29-30H,7-8,11,16-18H2,1-3H3;4-6,11-16,19,21,29H,7-10,17-18H2,1-3H3;3-15,18,30H,16-17,28H2,1-2H3. The molecule has 2 saturated carbocycles. The van der Waals surface area contributed by atoms with Crippen LogP contribution in [0.3, 0.4) is 0 Å². The second-order valence-corrected chi connectivity index (χ2v) is 38.8. The second kappa shape index (κ2) is 44.1. The van der Waals surface area contributed by atoms with Crippen molar-refractivity contribution >= 4 is 90.2 Å². The number of nitrogens with two attached hydrogens (primary N) is 2. The Bertz CT molecular complexity index is 8140. The van der Waals surface area contributed by atoms with Crippen LogP contribution in [0.1, 0.15) is 150 Å². The number of anilines is 8. The Kier molecular flexibility index (Phi) is 30.1. The molecule has 18 aromatic rings. The van der Waals surface area contributed by atoms with Crippen molar-refractivity contribution < 1.29 is 0 Å². The topological polar surface area (TPSA) is 385 Å². The molecule has 2 aliphatic carbocycles. The summed E-state index contributed by atoms with van der Waals surface area (Å²) >= 11 is 0. The predicted molar refractivity (Wildman–Crippen MR) is 574 cm³/mol. The Morgan fingerprint density at radius 1 is 0.345 bits per heavy atom. The van der Waals surface area contributed by atoms with E-state index in [0.29, 0.717) is 119 Å². The first-order chi connectivity index (χ1) is 70.3. The second-order valence-electron chi connectivity index (χ2n) is 38.8. The number of pyridine rings is 2. The maximum absolute atomic E-state index is 13.5. The summed E-state index contributed by atoms with van der Waals surface area (Å²) in [5.41, 5.74) is 24.9. The van der Waals surface area contributed by atoms with Crippen LogP contribution in [0.15, 0.2) is 306 Å². The van der Waals surface area contributed by atoms with E-state index in [1.165, 1.54) is 91.5 Å². The van der Waals surface area contributed by atoms with Crippen LogP contribution in [0, 0.1) is 11.8 Å². The van der Waals surface area contributed by atoms with Gasteiger partial charge in [-0.15, -0.1) is 0 Å². The maximum Gasteiger partial charge on any atom is 0.332 e. The molecule has 1 aliphatic heterocycles. The first-order valence-electron chi connectivity index (χ1n) is 49.8. The molecule has 3 aliphatic rings. The van der Waals surface area contributed by atoms with Gasteiger partial charge in [0.25, 0.3) is 22.2 Å². The van der Waals surface area contributed by atoms with E-state index in [2.05, 4.69) is 98.9 Å². The number of rotatable bonds is 27. The number of benzene rings is 8. The van der Waals surface area contributed by atoms with Crippen LogP contribution in [0.4, 0.5) is 46.0 Å². The Morgan fingerprint density at radius 2 is 0.669 bits per heavy atom. The number of aromatic nitrogens is 18. The smallest absolute Gasteiger partial charge is 0.332 e. The van der Waals surface area contributed by atoms with E-state index in [1.807, 2.05) is 236 Å². The van der Waals surface area contributed by atoms with Crippen LogP contribution in [-0.2, 0) is 74.0 Å². The molecule has 0 spiro atoms. The highest BCUT2D eigenvalue weighted by Gasteiger charge is 2.34. The molecule has 4 unspecified atom stereocenters. The van der Waals surface area contributed by atoms with E-state index in [4.69, 9.17) is 31.9 Å². The van der Waals surface area contributed by atoms with Gasteiger partial charge in [-0.2, -0.15) is 20.4 Å². The number of hydrogen-bond acceptors (Lipinski definition) is 21. The number of nitrogens with one attached hydrogen (secondary N) is 5. The van der Waals surface area contributed by atoms with Crippen molar-refractivity contribution in [2.24, 2.45) is 51.5 Å². The van der Waals surface area contributed by atoms with Crippen LogP contribution in [0.5, 0.6) is 0 Å². The molecule has 744 valence electrons. The number of para-hydroxylation sites is 4. The van der Waals surface area contributed by atoms with Crippen molar-refractivity contribution in [3.8, 4) is 22.5 Å². The lowest BCUT2D eigenvalue weighted by Crippen LogP contribution is -2.42. The minimum Gasteiger partial charge on any atom is -0.340 e. The van der Waals surface area contributed by atoms with Gasteiger partial charge >= 0.3 is 22.8 Å². The molecule has 0 bridgehead atoms. The number of hydrogen-bond donors (Lipinski definition) is 7. The largest absolute Gasteiger partial charge is 0.340 e. The quantitative estimate of drug-likeness (QED) is 0.0251. The molecule has 0 radical (unpaired) electrons. The molecule has 9 N–H and O–H groups in total. The van der Waals surface area contributed by atoms with E-state index >= 15 is 0 Å². The zero-order valence-corrected chi connectivity index (χ0v) is 83.1. The van der Waals surface area contributed by atoms with E-state index in [-0.39, 0.29) is 70.3 Å². The van der Waals surface area contributed by atoms with Gasteiger partial charge in [0.15, 0.2) is 22.6 Å². The van der Waals surface area contributed by atoms with Crippen molar-refractivity contribution in [1.82, 2.24) is 90.9 Å². The number of piperidine rings is 1. The molecule has 8 aromatic carbocycles. The monoisotopic (exact) mass is 1950 g/mol. The normalized spacial score (nSPS) is 14.9. The lowest BCUT2D eigenvalue weighted by atomic mass is 9.97. The van der Waals surface area contributed by atoms with Gasteiger partial charge in [0.1, 0.15) is 44.8 Å². The zero-order chi connectivity index (χ0) is 101. The first kappa shape index (κ1) is 98.9. The average molecular weight is 1950 g/mol. The summed E-state index contributed by atoms with van der Waals surface area (Å²) in [6.07, 6.45) is 14.9. The van der Waals surface area contributed by atoms with Crippen LogP contribution >= 0.6 is 0 Å². The van der Waals surface area contributed by atoms with E-state index in [1.54, 1.807) is 35.5 Å². The highest BCUT2D eigenvalue weighted by Crippen LogP contribution is 2.38. The van der Waals surface area contributed by atoms with Gasteiger partial charge in [0.2, 0.25) is 0 Å². The zero-order valence-electron chi connectivity index (χ0n) is 83.1. The molecule has 1 saturated heterocycles. The van der Waals surface area contributed by atoms with Crippen LogP contribution in [-0.4, -0.2) is 104 Å². The molecular formula is C112H123N25O8. The summed E-state index contributed by atoms with van der Waals surface area (Å²) in [6, 6.07) is 83.6. The highest BCUT2D eigenvalue weighted by atomic mass is 16.2. The Labute approximate surface area is 836 Å². The Hall–Kier alpha value is -16.3. The molecule has 4 atom stereocenters. The third-order valence-corrected chi connectivity index (χ3v) is 27.1. The summed E-state index contributed by atoms with van der Waals surface area (Å²) in [7, 11) is 6.05. The predicted octanol–water partition coefficient (Wildman–Crippen LogP) is 16.1. The van der Waals surface area contributed by atoms with Gasteiger partial charge in [0, 0.05) is 112 Å². The van der Waals surface area contributed by atoms with Crippen LogP contribution in [0.2, 0.25) is 0 Å². The molecule has 3 fully saturated rings. The maximum atomic E-state index is 13.5. The third kappa shape index (κ3) is 21.7. The van der Waals surface area contributed by atoms with Gasteiger partial charge in [-0.3, -0.25) is 65.7 Å². The highest BCUT2D eigenvalue weighted by molar-refractivity contribution is 5.92. The SMILES string of the molecule is CC(C)Cn1c(=O)n(C)c(=O)c2c(Nc3ccccc3)n(Cc3ccc(C4CCCC4)cc3)nc21.CC(C)Cn1c(=O)n(C)c(=O)c2c(Nc3ccccc3)n(Cc3ccc(C4CCCCN4)cc3)nc21.CC(N)Cn1c(=O)n(C)c(=O)c2c(Nc3ccccc3)n(Cc3ccc(-c4ccccn4)cc3)nc21.Cn1c(=O)c2c(Nc3ccccc3)n(Cc3ccc(-c4ccccn4)cc3)nc2n(C2CCCC2N)c1=O. The van der Waals surface area contributed by atoms with Crippen molar-refractivity contribution in [1.29, 1.82) is 0 Å². The summed E-state index contributed by atoms with van der Waals surface area (Å²) in [6.45, 7) is 14.0. The first-order valence-corrected chi connectivity index (χ1v) is 49.8. The summed E-state index contributed by atoms with van der Waals surface area (Å²) in [5, 5.41) is 38.0. The summed E-state index contributed by atoms with van der Waals surface area (Å²) < 4.78 is 18.1. The minimum atomic E-state index is -0.444. The van der Waals surface area contributed by atoms with Crippen molar-refractivity contribution in [2.75, 3.05) is 27.8 Å². The Morgan fingerprint density at radius 3 is 0.993 bits per heavy atom. The number of nitrogens with zero attached hydrogens (tertiary/aromatic N) is 18.